The predicted molar refractivity (Wildman–Crippen MR) is 150 cm³/mol. The number of carbonyl (C=O) groups excluding carboxylic acids is 2. The molecule has 0 saturated heterocycles. The Hall–Kier alpha value is -2.89. The second-order valence-electron chi connectivity index (χ2n) is 11.1. The number of nitrogens with zero attached hydrogens (tertiary/aromatic N) is 1. The molecule has 1 fully saturated rings. The molecule has 0 spiro atoms. The van der Waals surface area contributed by atoms with Crippen molar-refractivity contribution in [1.29, 1.82) is 0 Å². The van der Waals surface area contributed by atoms with Gasteiger partial charge in [0.05, 0.1) is 38.3 Å². The number of methoxy groups -OCH3 is 2. The van der Waals surface area contributed by atoms with Gasteiger partial charge in [0, 0.05) is 48.7 Å². The Morgan fingerprint density at radius 1 is 1.18 bits per heavy atom. The number of aromatic nitrogens is 1. The van der Waals surface area contributed by atoms with E-state index in [9.17, 15) is 19.8 Å². The normalized spacial score (nSPS) is 27.6. The van der Waals surface area contributed by atoms with Crippen molar-refractivity contribution in [3.63, 3.8) is 0 Å². The lowest BCUT2D eigenvalue weighted by molar-refractivity contribution is -0.144. The van der Waals surface area contributed by atoms with Crippen LogP contribution >= 0.6 is 11.3 Å². The van der Waals surface area contributed by atoms with Crippen molar-refractivity contribution in [2.45, 2.75) is 58.5 Å². The number of nitrogens with one attached hydrogen (secondary N) is 3. The van der Waals surface area contributed by atoms with E-state index in [1.54, 1.807) is 14.2 Å². The Labute approximate surface area is 233 Å². The number of amides is 2. The van der Waals surface area contributed by atoms with Gasteiger partial charge >= 0.3 is 0 Å². The highest BCUT2D eigenvalue weighted by molar-refractivity contribution is 7.15. The predicted octanol–water partition coefficient (Wildman–Crippen LogP) is 2.96. The van der Waals surface area contributed by atoms with E-state index in [1.165, 1.54) is 18.3 Å². The molecule has 1 aromatic carbocycles. The lowest BCUT2D eigenvalue weighted by atomic mass is 9.47. The molecule has 11 heteroatoms. The van der Waals surface area contributed by atoms with E-state index in [0.717, 1.165) is 22.7 Å². The van der Waals surface area contributed by atoms with Crippen molar-refractivity contribution >= 4 is 34.0 Å². The van der Waals surface area contributed by atoms with Gasteiger partial charge in [-0.15, -0.1) is 11.3 Å². The Bertz CT molecular complexity index is 1200. The Morgan fingerprint density at radius 3 is 2.59 bits per heavy atom. The lowest BCUT2D eigenvalue weighted by Crippen LogP contribution is -2.57. The first-order valence-corrected chi connectivity index (χ1v) is 14.2. The molecule has 1 saturated carbocycles. The van der Waals surface area contributed by atoms with Crippen LogP contribution in [0, 0.1) is 16.7 Å². The lowest BCUT2D eigenvalue weighted by Gasteiger charge is -2.58. The largest absolute Gasteiger partial charge is 0.497 e. The second-order valence-corrected chi connectivity index (χ2v) is 12.2. The van der Waals surface area contributed by atoms with Crippen molar-refractivity contribution in [1.82, 2.24) is 15.6 Å². The summed E-state index contributed by atoms with van der Waals surface area (Å²) in [5.74, 6) is 0.825. The van der Waals surface area contributed by atoms with Crippen LogP contribution in [-0.2, 0) is 16.0 Å². The summed E-state index contributed by atoms with van der Waals surface area (Å²) in [6.07, 6.45) is 1.54. The van der Waals surface area contributed by atoms with Crippen LogP contribution in [0.1, 0.15) is 56.5 Å². The van der Waals surface area contributed by atoms with Crippen molar-refractivity contribution in [3.8, 4) is 11.5 Å². The van der Waals surface area contributed by atoms with Gasteiger partial charge in [-0.2, -0.15) is 0 Å². The Morgan fingerprint density at radius 2 is 1.92 bits per heavy atom. The number of thiazole rings is 1. The molecule has 0 bridgehead atoms. The number of rotatable bonds is 10. The van der Waals surface area contributed by atoms with Crippen LogP contribution in [0.15, 0.2) is 18.2 Å². The standard InChI is InChI=1S/C28H40N4O6S/c1-16(34)29-10-11-30-24(36)13-18-25-21(14-22-27(18,2)9-8-23(35)28(22,3)15-33)39-26(32-25)31-19-12-17(37-4)6-7-20(19)38-5/h6-7,12,18,22-23,33,35H,8-11,13-15H2,1-5H3,(H,29,34)(H,30,36)(H,31,32). The minimum absolute atomic E-state index is 0.0388. The number of aliphatic hydroxyl groups excluding tert-OH is 2. The van der Waals surface area contributed by atoms with E-state index in [4.69, 9.17) is 14.5 Å². The molecule has 39 heavy (non-hydrogen) atoms. The van der Waals surface area contributed by atoms with Gasteiger partial charge in [0.15, 0.2) is 5.13 Å². The highest BCUT2D eigenvalue weighted by Crippen LogP contribution is 2.63. The molecule has 5 N–H and O–H groups in total. The van der Waals surface area contributed by atoms with Gasteiger partial charge in [-0.25, -0.2) is 4.98 Å². The van der Waals surface area contributed by atoms with Crippen LogP contribution in [0.2, 0.25) is 0 Å². The SMILES string of the molecule is COc1ccc(OC)c(Nc2nc3c(s2)CC2C(C)(CO)C(O)CCC2(C)C3CC(=O)NCCNC(C)=O)c1. The number of fused-ring (bicyclic) bond motifs is 2. The minimum Gasteiger partial charge on any atom is -0.497 e. The van der Waals surface area contributed by atoms with Gasteiger partial charge in [-0.3, -0.25) is 9.59 Å². The van der Waals surface area contributed by atoms with Gasteiger partial charge in [0.2, 0.25) is 11.8 Å². The first-order valence-electron chi connectivity index (χ1n) is 13.3. The summed E-state index contributed by atoms with van der Waals surface area (Å²) < 4.78 is 10.9. The van der Waals surface area contributed by atoms with Gasteiger partial charge < -0.3 is 35.6 Å². The van der Waals surface area contributed by atoms with E-state index in [2.05, 4.69) is 22.9 Å². The van der Waals surface area contributed by atoms with Crippen LogP contribution in [0.3, 0.4) is 0 Å². The van der Waals surface area contributed by atoms with E-state index in [-0.39, 0.29) is 42.1 Å². The average Bonchev–Trinajstić information content (AvgIpc) is 3.32. The van der Waals surface area contributed by atoms with Crippen LogP contribution in [0.5, 0.6) is 11.5 Å². The molecule has 0 radical (unpaired) electrons. The first-order chi connectivity index (χ1) is 18.5. The molecule has 4 rings (SSSR count). The topological polar surface area (TPSA) is 142 Å². The van der Waals surface area contributed by atoms with Crippen molar-refractivity contribution in [2.75, 3.05) is 39.2 Å². The molecule has 2 aromatic rings. The van der Waals surface area contributed by atoms with E-state index in [0.29, 0.717) is 42.6 Å². The molecule has 5 unspecified atom stereocenters. The number of hydrogen-bond donors (Lipinski definition) is 5. The fourth-order valence-corrected chi connectivity index (χ4v) is 7.51. The number of ether oxygens (including phenoxy) is 2. The van der Waals surface area contributed by atoms with Gasteiger partial charge in [-0.1, -0.05) is 13.8 Å². The highest BCUT2D eigenvalue weighted by Gasteiger charge is 2.59. The molecule has 1 aromatic heterocycles. The second kappa shape index (κ2) is 11.7. The van der Waals surface area contributed by atoms with Crippen molar-refractivity contribution in [3.05, 3.63) is 28.8 Å². The third-order valence-corrected chi connectivity index (χ3v) is 9.76. The maximum atomic E-state index is 13.1. The molecule has 5 atom stereocenters. The highest BCUT2D eigenvalue weighted by atomic mass is 32.1. The van der Waals surface area contributed by atoms with E-state index in [1.807, 2.05) is 25.1 Å². The molecule has 2 aliphatic rings. The number of anilines is 2. The molecular weight excluding hydrogens is 520 g/mol. The summed E-state index contributed by atoms with van der Waals surface area (Å²) in [4.78, 5) is 30.4. The van der Waals surface area contributed by atoms with Crippen LogP contribution < -0.4 is 25.4 Å². The first kappa shape index (κ1) is 29.1. The Balaban J connectivity index is 1.68. The summed E-state index contributed by atoms with van der Waals surface area (Å²) in [6.45, 7) is 6.13. The van der Waals surface area contributed by atoms with Crippen LogP contribution in [0.4, 0.5) is 10.8 Å². The molecule has 2 amide bonds. The van der Waals surface area contributed by atoms with Crippen LogP contribution in [0.25, 0.3) is 0 Å². The van der Waals surface area contributed by atoms with E-state index >= 15 is 0 Å². The summed E-state index contributed by atoms with van der Waals surface area (Å²) in [5, 5.41) is 31.1. The van der Waals surface area contributed by atoms with E-state index < -0.39 is 11.5 Å². The Kier molecular flexibility index (Phi) is 8.72. The zero-order valence-corrected chi connectivity index (χ0v) is 24.1. The zero-order chi connectivity index (χ0) is 28.4. The summed E-state index contributed by atoms with van der Waals surface area (Å²) >= 11 is 1.52. The number of benzene rings is 1. The summed E-state index contributed by atoms with van der Waals surface area (Å²) in [5.41, 5.74) is 0.557. The summed E-state index contributed by atoms with van der Waals surface area (Å²) in [6, 6.07) is 5.50. The van der Waals surface area contributed by atoms with Gasteiger partial charge in [-0.05, 0) is 42.7 Å². The van der Waals surface area contributed by atoms with Crippen molar-refractivity contribution in [2.24, 2.45) is 16.7 Å². The minimum atomic E-state index is -0.696. The van der Waals surface area contributed by atoms with Gasteiger partial charge in [0.1, 0.15) is 11.5 Å². The fraction of sp³-hybridized carbons (Fsp3) is 0.607. The third kappa shape index (κ3) is 5.71. The van der Waals surface area contributed by atoms with Crippen molar-refractivity contribution < 1.29 is 29.3 Å². The maximum absolute atomic E-state index is 13.1. The van der Waals surface area contributed by atoms with Gasteiger partial charge in [0.25, 0.3) is 0 Å². The third-order valence-electron chi connectivity index (χ3n) is 8.75. The quantitative estimate of drug-likeness (QED) is 0.279. The summed E-state index contributed by atoms with van der Waals surface area (Å²) in [7, 11) is 3.21. The fourth-order valence-electron chi connectivity index (χ4n) is 6.42. The smallest absolute Gasteiger partial charge is 0.220 e. The monoisotopic (exact) mass is 560 g/mol. The maximum Gasteiger partial charge on any atom is 0.220 e. The molecule has 2 aliphatic carbocycles. The average molecular weight is 561 g/mol. The zero-order valence-electron chi connectivity index (χ0n) is 23.3. The molecule has 214 valence electrons. The van der Waals surface area contributed by atoms with Crippen LogP contribution in [-0.4, -0.2) is 67.0 Å². The molecule has 1 heterocycles. The number of aliphatic hydroxyl groups is 2. The molecule has 0 aliphatic heterocycles. The molecule has 10 nitrogen and oxygen atoms in total. The number of carbonyl (C=O) groups is 2. The molecular formula is C28H40N4O6S. The number of hydrogen-bond acceptors (Lipinski definition) is 9.